The highest BCUT2D eigenvalue weighted by Crippen LogP contribution is 2.23. The third-order valence-corrected chi connectivity index (χ3v) is 2.87. The van der Waals surface area contributed by atoms with Crippen LogP contribution in [-0.4, -0.2) is 51.8 Å². The number of carbonyl (C=O) groups excluding carboxylic acids is 3. The number of amides is 2. The van der Waals surface area contributed by atoms with Crippen LogP contribution < -0.4 is 0 Å². The predicted molar refractivity (Wildman–Crippen MR) is 57.8 cm³/mol. The van der Waals surface area contributed by atoms with Crippen molar-refractivity contribution in [3.8, 4) is 0 Å². The molecule has 2 amide bonds. The molecule has 0 unspecified atom stereocenters. The minimum atomic E-state index is -2.09. The van der Waals surface area contributed by atoms with Gasteiger partial charge in [0.2, 0.25) is 11.8 Å². The van der Waals surface area contributed by atoms with E-state index in [2.05, 4.69) is 0 Å². The second kappa shape index (κ2) is 6.64. The molecule has 0 saturated carbocycles. The van der Waals surface area contributed by atoms with Crippen molar-refractivity contribution >= 4 is 26.2 Å². The first-order chi connectivity index (χ1) is 8.00. The molecule has 0 radical (unpaired) electrons. The summed E-state index contributed by atoms with van der Waals surface area (Å²) < 4.78 is 4.75. The van der Waals surface area contributed by atoms with E-state index in [-0.39, 0.29) is 50.4 Å². The molecule has 1 aliphatic heterocycles. The molecule has 1 heterocycles. The van der Waals surface area contributed by atoms with Crippen LogP contribution in [0.4, 0.5) is 0 Å². The molecule has 17 heavy (non-hydrogen) atoms. The van der Waals surface area contributed by atoms with E-state index in [1.165, 1.54) is 0 Å². The maximum Gasteiger partial charge on any atom is 0.306 e. The first-order valence-electron chi connectivity index (χ1n) is 5.15. The predicted octanol–water partition coefficient (Wildman–Crippen LogP) is -0.635. The van der Waals surface area contributed by atoms with E-state index < -0.39 is 14.3 Å². The van der Waals surface area contributed by atoms with E-state index >= 15 is 0 Å². The smallest absolute Gasteiger partial charge is 0.306 e. The Balaban J connectivity index is 2.17. The summed E-state index contributed by atoms with van der Waals surface area (Å²) in [7, 11) is -2.09. The van der Waals surface area contributed by atoms with Crippen molar-refractivity contribution in [2.24, 2.45) is 0 Å². The van der Waals surface area contributed by atoms with Gasteiger partial charge in [0.15, 0.2) is 8.38 Å². The number of carbonyl (C=O) groups is 3. The number of likely N-dealkylation sites (tertiary alicyclic amines) is 1. The Morgan fingerprint density at radius 1 is 1.29 bits per heavy atom. The number of hydrogen-bond acceptors (Lipinski definition) is 6. The van der Waals surface area contributed by atoms with Crippen LogP contribution in [0.5, 0.6) is 0 Å². The number of hydrogen-bond donors (Lipinski definition) is 2. The summed E-state index contributed by atoms with van der Waals surface area (Å²) in [6.45, 7) is 0.0154. The van der Waals surface area contributed by atoms with Crippen LogP contribution in [0.25, 0.3) is 0 Å². The summed E-state index contributed by atoms with van der Waals surface area (Å²) in [5.41, 5.74) is 0. The van der Waals surface area contributed by atoms with Crippen molar-refractivity contribution in [2.45, 2.75) is 19.3 Å². The molecule has 0 spiro atoms. The van der Waals surface area contributed by atoms with Crippen LogP contribution in [0, 0.1) is 0 Å². The molecule has 2 N–H and O–H groups in total. The normalized spacial score (nSPS) is 15.8. The molecule has 0 atom stereocenters. The van der Waals surface area contributed by atoms with Gasteiger partial charge in [-0.25, -0.2) is 0 Å². The SMILES string of the molecule is O=C(CCP(O)O)OCCN1C(=O)CCC1=O. The lowest BCUT2D eigenvalue weighted by Gasteiger charge is -2.13. The fraction of sp³-hybridized carbons (Fsp3) is 0.667. The largest absolute Gasteiger partial charge is 0.464 e. The van der Waals surface area contributed by atoms with Gasteiger partial charge in [0.1, 0.15) is 6.61 Å². The fourth-order valence-electron chi connectivity index (χ4n) is 1.39. The molecule has 0 aliphatic carbocycles. The van der Waals surface area contributed by atoms with Crippen molar-refractivity contribution in [1.82, 2.24) is 4.90 Å². The topological polar surface area (TPSA) is 104 Å². The summed E-state index contributed by atoms with van der Waals surface area (Å²) in [4.78, 5) is 51.7. The monoisotopic (exact) mass is 263 g/mol. The molecule has 7 nitrogen and oxygen atoms in total. The number of ether oxygens (including phenoxy) is 1. The molecule has 0 aromatic rings. The van der Waals surface area contributed by atoms with Crippen molar-refractivity contribution in [3.63, 3.8) is 0 Å². The summed E-state index contributed by atoms with van der Waals surface area (Å²) in [6, 6.07) is 0. The molecule has 1 rings (SSSR count). The number of esters is 1. The molecule has 1 fully saturated rings. The molecular weight excluding hydrogens is 249 g/mol. The summed E-state index contributed by atoms with van der Waals surface area (Å²) in [5, 5.41) is 0. The van der Waals surface area contributed by atoms with Crippen LogP contribution >= 0.6 is 8.38 Å². The van der Waals surface area contributed by atoms with E-state index in [0.717, 1.165) is 4.90 Å². The lowest BCUT2D eigenvalue weighted by molar-refractivity contribution is -0.147. The average molecular weight is 263 g/mol. The molecule has 0 bridgehead atoms. The van der Waals surface area contributed by atoms with Gasteiger partial charge in [-0.2, -0.15) is 0 Å². The van der Waals surface area contributed by atoms with Crippen LogP contribution in [0.15, 0.2) is 0 Å². The van der Waals surface area contributed by atoms with Gasteiger partial charge >= 0.3 is 5.97 Å². The number of rotatable bonds is 6. The first kappa shape index (κ1) is 14.0. The van der Waals surface area contributed by atoms with Gasteiger partial charge in [-0.05, 0) is 0 Å². The van der Waals surface area contributed by atoms with Gasteiger partial charge in [-0.15, -0.1) is 0 Å². The Kier molecular flexibility index (Phi) is 5.47. The van der Waals surface area contributed by atoms with Gasteiger partial charge in [0, 0.05) is 19.0 Å². The van der Waals surface area contributed by atoms with Crippen LogP contribution in [-0.2, 0) is 19.1 Å². The second-order valence-electron chi connectivity index (χ2n) is 3.51. The minimum absolute atomic E-state index is 0.0320. The standard InChI is InChI=1S/C9H14NO6P/c11-7-1-2-8(12)10(7)4-5-16-9(13)3-6-17(14)15/h14-15H,1-6H2. The Morgan fingerprint density at radius 3 is 2.41 bits per heavy atom. The Labute approximate surface area is 99.3 Å². The van der Waals surface area contributed by atoms with E-state index in [1.807, 2.05) is 0 Å². The quantitative estimate of drug-likeness (QED) is 0.375. The van der Waals surface area contributed by atoms with Gasteiger partial charge in [-0.3, -0.25) is 19.3 Å². The maximum absolute atomic E-state index is 11.2. The van der Waals surface area contributed by atoms with Gasteiger partial charge in [-0.1, -0.05) is 0 Å². The molecule has 0 aromatic carbocycles. The summed E-state index contributed by atoms with van der Waals surface area (Å²) in [6.07, 6.45) is 0.314. The van der Waals surface area contributed by atoms with E-state index in [9.17, 15) is 14.4 Å². The molecule has 1 aliphatic rings. The second-order valence-corrected chi connectivity index (χ2v) is 4.70. The third kappa shape index (κ3) is 4.77. The molecule has 8 heteroatoms. The van der Waals surface area contributed by atoms with Crippen LogP contribution in [0.1, 0.15) is 19.3 Å². The Bertz CT molecular complexity index is 303. The third-order valence-electron chi connectivity index (χ3n) is 2.25. The van der Waals surface area contributed by atoms with Gasteiger partial charge in [0.25, 0.3) is 0 Å². The molecule has 1 saturated heterocycles. The number of imide groups is 1. The van der Waals surface area contributed by atoms with Crippen LogP contribution in [0.2, 0.25) is 0 Å². The Morgan fingerprint density at radius 2 is 1.88 bits per heavy atom. The summed E-state index contributed by atoms with van der Waals surface area (Å²) in [5.74, 6) is -1.07. The molecular formula is C9H14NO6P. The maximum atomic E-state index is 11.2. The molecule has 0 aromatic heterocycles. The highest BCUT2D eigenvalue weighted by molar-refractivity contribution is 7.45. The minimum Gasteiger partial charge on any atom is -0.464 e. The average Bonchev–Trinajstić information content (AvgIpc) is 2.57. The highest BCUT2D eigenvalue weighted by Gasteiger charge is 2.28. The zero-order valence-corrected chi connectivity index (χ0v) is 10.1. The van der Waals surface area contributed by atoms with Crippen molar-refractivity contribution in [3.05, 3.63) is 0 Å². The lowest BCUT2D eigenvalue weighted by Crippen LogP contribution is -2.32. The first-order valence-corrected chi connectivity index (χ1v) is 6.58. The lowest BCUT2D eigenvalue weighted by atomic mass is 10.4. The van der Waals surface area contributed by atoms with Crippen molar-refractivity contribution < 1.29 is 28.9 Å². The number of nitrogens with zero attached hydrogens (tertiary/aromatic N) is 1. The highest BCUT2D eigenvalue weighted by atomic mass is 31.2. The fourth-order valence-corrected chi connectivity index (χ4v) is 1.77. The zero-order valence-electron chi connectivity index (χ0n) is 9.16. The molecule has 96 valence electrons. The van der Waals surface area contributed by atoms with Crippen LogP contribution in [0.3, 0.4) is 0 Å². The van der Waals surface area contributed by atoms with Gasteiger partial charge < -0.3 is 14.5 Å². The van der Waals surface area contributed by atoms with Crippen molar-refractivity contribution in [1.29, 1.82) is 0 Å². The van der Waals surface area contributed by atoms with E-state index in [0.29, 0.717) is 0 Å². The van der Waals surface area contributed by atoms with E-state index in [1.54, 1.807) is 0 Å². The van der Waals surface area contributed by atoms with Gasteiger partial charge in [0.05, 0.1) is 13.0 Å². The Hall–Kier alpha value is -1.04. The summed E-state index contributed by atoms with van der Waals surface area (Å²) >= 11 is 0. The zero-order chi connectivity index (χ0) is 12.8. The van der Waals surface area contributed by atoms with E-state index in [4.69, 9.17) is 14.5 Å². The van der Waals surface area contributed by atoms with Crippen molar-refractivity contribution in [2.75, 3.05) is 19.3 Å².